The van der Waals surface area contributed by atoms with E-state index in [-0.39, 0.29) is 17.3 Å². The van der Waals surface area contributed by atoms with Gasteiger partial charge in [-0.1, -0.05) is 13.8 Å². The standard InChI is InChI=1S/C11H18O/c1-10(2)8-5-7-3-4-11(12,6-8)9(7)10/h7-9,12H,3-6H2,1-2H3/t7-,8-,9-,11-/m1/s1/i3D2. The van der Waals surface area contributed by atoms with Crippen molar-refractivity contribution in [1.29, 1.82) is 0 Å². The minimum absolute atomic E-state index is 0.112. The van der Waals surface area contributed by atoms with E-state index in [4.69, 9.17) is 2.74 Å². The average Bonchev–Trinajstić information content (AvgIpc) is 2.36. The largest absolute Gasteiger partial charge is 0.390 e. The highest BCUT2D eigenvalue weighted by Crippen LogP contribution is 2.69. The molecule has 68 valence electrons. The van der Waals surface area contributed by atoms with Crippen LogP contribution in [0.25, 0.3) is 0 Å². The quantitative estimate of drug-likeness (QED) is 0.588. The summed E-state index contributed by atoms with van der Waals surface area (Å²) in [4.78, 5) is 0. The van der Waals surface area contributed by atoms with Crippen molar-refractivity contribution in [2.24, 2.45) is 23.2 Å². The van der Waals surface area contributed by atoms with Crippen molar-refractivity contribution in [3.05, 3.63) is 0 Å². The number of hydrogen-bond donors (Lipinski definition) is 1. The van der Waals surface area contributed by atoms with E-state index in [0.29, 0.717) is 12.3 Å². The first-order chi connectivity index (χ1) is 6.27. The maximum Gasteiger partial charge on any atom is 0.0686 e. The molecule has 3 rings (SSSR count). The van der Waals surface area contributed by atoms with Crippen LogP contribution in [-0.4, -0.2) is 10.7 Å². The predicted molar refractivity (Wildman–Crippen MR) is 47.7 cm³/mol. The van der Waals surface area contributed by atoms with E-state index in [1.54, 1.807) is 0 Å². The molecule has 0 saturated heterocycles. The topological polar surface area (TPSA) is 20.2 Å². The van der Waals surface area contributed by atoms with Crippen molar-refractivity contribution in [1.82, 2.24) is 0 Å². The Bertz CT molecular complexity index is 300. The molecule has 4 atom stereocenters. The molecular weight excluding hydrogens is 148 g/mol. The van der Waals surface area contributed by atoms with Gasteiger partial charge in [-0.2, -0.15) is 0 Å². The number of hydrogen-bond acceptors (Lipinski definition) is 1. The summed E-state index contributed by atoms with van der Waals surface area (Å²) < 4.78 is 16.0. The highest BCUT2D eigenvalue weighted by molar-refractivity contribution is 5.17. The summed E-state index contributed by atoms with van der Waals surface area (Å²) in [6.07, 6.45) is 1.07. The van der Waals surface area contributed by atoms with E-state index in [2.05, 4.69) is 13.8 Å². The molecule has 0 aromatic rings. The lowest BCUT2D eigenvalue weighted by molar-refractivity contribution is -0.0106. The molecule has 0 amide bonds. The zero-order valence-corrected chi connectivity index (χ0v) is 7.80. The second kappa shape index (κ2) is 1.75. The second-order valence-corrected chi connectivity index (χ2v) is 5.53. The molecule has 1 nitrogen and oxygen atoms in total. The molecule has 3 aliphatic rings. The molecule has 0 unspecified atom stereocenters. The van der Waals surface area contributed by atoms with E-state index in [1.165, 1.54) is 0 Å². The first-order valence-corrected chi connectivity index (χ1v) is 5.00. The van der Waals surface area contributed by atoms with Crippen LogP contribution >= 0.6 is 0 Å². The normalized spacial score (nSPS) is 66.4. The predicted octanol–water partition coefficient (Wildman–Crippen LogP) is 2.19. The molecule has 0 radical (unpaired) electrons. The smallest absolute Gasteiger partial charge is 0.0686 e. The average molecular weight is 168 g/mol. The Morgan fingerprint density at radius 1 is 1.50 bits per heavy atom. The first-order valence-electron chi connectivity index (χ1n) is 6.00. The van der Waals surface area contributed by atoms with E-state index in [9.17, 15) is 5.11 Å². The lowest BCUT2D eigenvalue weighted by Gasteiger charge is -2.30. The molecule has 1 heteroatoms. The Hall–Kier alpha value is -0.0400. The van der Waals surface area contributed by atoms with Crippen LogP contribution in [0.15, 0.2) is 0 Å². The van der Waals surface area contributed by atoms with E-state index in [0.717, 1.165) is 12.8 Å². The summed E-state index contributed by atoms with van der Waals surface area (Å²) in [5.41, 5.74) is -0.524. The molecule has 0 aliphatic heterocycles. The Kier molecular flexibility index (Phi) is 0.820. The molecule has 12 heavy (non-hydrogen) atoms. The van der Waals surface area contributed by atoms with Gasteiger partial charge in [0.2, 0.25) is 0 Å². The fourth-order valence-corrected chi connectivity index (χ4v) is 4.18. The molecule has 3 saturated carbocycles. The van der Waals surface area contributed by atoms with Crippen molar-refractivity contribution in [2.75, 3.05) is 0 Å². The first kappa shape index (κ1) is 5.64. The molecular formula is C11H18O. The molecule has 2 bridgehead atoms. The maximum absolute atomic E-state index is 10.5. The molecule has 3 aliphatic carbocycles. The summed E-state index contributed by atoms with van der Waals surface area (Å²) in [7, 11) is 0. The Morgan fingerprint density at radius 2 is 2.25 bits per heavy atom. The third-order valence-corrected chi connectivity index (χ3v) is 4.64. The van der Waals surface area contributed by atoms with Crippen LogP contribution in [0.4, 0.5) is 0 Å². The number of aliphatic hydroxyl groups is 1. The molecule has 1 N–H and O–H groups in total. The third kappa shape index (κ3) is 0.585. The molecule has 0 spiro atoms. The van der Waals surface area contributed by atoms with Crippen molar-refractivity contribution >= 4 is 0 Å². The van der Waals surface area contributed by atoms with Gasteiger partial charge in [0.05, 0.1) is 5.60 Å². The summed E-state index contributed by atoms with van der Waals surface area (Å²) in [5.74, 6) is 0.858. The molecule has 3 fully saturated rings. The number of fused-ring (bicyclic) bond motifs is 1. The Labute approximate surface area is 77.0 Å². The highest BCUT2D eigenvalue weighted by atomic mass is 16.3. The minimum Gasteiger partial charge on any atom is -0.390 e. The summed E-state index contributed by atoms with van der Waals surface area (Å²) >= 11 is 0. The van der Waals surface area contributed by atoms with Crippen molar-refractivity contribution in [3.8, 4) is 0 Å². The van der Waals surface area contributed by atoms with Gasteiger partial charge in [0.1, 0.15) is 0 Å². The van der Waals surface area contributed by atoms with Crippen LogP contribution in [0.1, 0.15) is 42.2 Å². The van der Waals surface area contributed by atoms with Crippen LogP contribution in [0.3, 0.4) is 0 Å². The van der Waals surface area contributed by atoms with Gasteiger partial charge in [-0.3, -0.25) is 0 Å². The van der Waals surface area contributed by atoms with Gasteiger partial charge in [-0.15, -0.1) is 0 Å². The van der Waals surface area contributed by atoms with Crippen LogP contribution < -0.4 is 0 Å². The second-order valence-electron chi connectivity index (χ2n) is 5.53. The van der Waals surface area contributed by atoms with Gasteiger partial charge in [0.25, 0.3) is 0 Å². The molecule has 0 aromatic carbocycles. The summed E-state index contributed by atoms with van der Waals surface area (Å²) in [6.45, 7) is 4.42. The minimum atomic E-state index is -1.12. The Morgan fingerprint density at radius 3 is 2.75 bits per heavy atom. The van der Waals surface area contributed by atoms with Crippen LogP contribution in [0.2, 0.25) is 0 Å². The van der Waals surface area contributed by atoms with Crippen LogP contribution in [0, 0.1) is 23.2 Å². The van der Waals surface area contributed by atoms with Crippen LogP contribution in [-0.2, 0) is 0 Å². The van der Waals surface area contributed by atoms with Crippen molar-refractivity contribution in [3.63, 3.8) is 0 Å². The van der Waals surface area contributed by atoms with Gasteiger partial charge < -0.3 is 5.11 Å². The van der Waals surface area contributed by atoms with E-state index >= 15 is 0 Å². The molecule has 0 aromatic heterocycles. The third-order valence-electron chi connectivity index (χ3n) is 4.64. The maximum atomic E-state index is 10.5. The summed E-state index contributed by atoms with van der Waals surface area (Å²) in [5, 5.41) is 10.5. The zero-order valence-electron chi connectivity index (χ0n) is 9.80. The fourth-order valence-electron chi connectivity index (χ4n) is 4.18. The van der Waals surface area contributed by atoms with Gasteiger partial charge in [0, 0.05) is 2.74 Å². The van der Waals surface area contributed by atoms with E-state index in [1.807, 2.05) is 0 Å². The fraction of sp³-hybridized carbons (Fsp3) is 1.00. The van der Waals surface area contributed by atoms with Gasteiger partial charge in [0.15, 0.2) is 0 Å². The van der Waals surface area contributed by atoms with Gasteiger partial charge >= 0.3 is 0 Å². The van der Waals surface area contributed by atoms with Crippen molar-refractivity contribution < 1.29 is 7.85 Å². The molecule has 0 heterocycles. The zero-order chi connectivity index (χ0) is 10.4. The lowest BCUT2D eigenvalue weighted by atomic mass is 9.78. The Balaban J connectivity index is 2.11. The van der Waals surface area contributed by atoms with Crippen LogP contribution in [0.5, 0.6) is 0 Å². The highest BCUT2D eigenvalue weighted by Gasteiger charge is 2.67. The SMILES string of the molecule is [2H]C1([2H])C[C@@]2(O)C[C@H]3C[C@@H]1[C@@H]2C3(C)C. The van der Waals surface area contributed by atoms with Gasteiger partial charge in [-0.25, -0.2) is 0 Å². The van der Waals surface area contributed by atoms with E-state index < -0.39 is 12.0 Å². The number of rotatable bonds is 0. The lowest BCUT2D eigenvalue weighted by Crippen LogP contribution is -2.34. The summed E-state index contributed by atoms with van der Waals surface area (Å²) in [6, 6.07) is 0. The monoisotopic (exact) mass is 168 g/mol. The van der Waals surface area contributed by atoms with Crippen molar-refractivity contribution in [2.45, 2.75) is 45.1 Å². The van der Waals surface area contributed by atoms with Gasteiger partial charge in [-0.05, 0) is 48.8 Å².